The molecule has 0 aliphatic heterocycles. The van der Waals surface area contributed by atoms with Crippen LogP contribution in [0.3, 0.4) is 0 Å². The van der Waals surface area contributed by atoms with Crippen molar-refractivity contribution in [3.63, 3.8) is 0 Å². The normalized spacial score (nSPS) is 11.0. The van der Waals surface area contributed by atoms with E-state index in [1.807, 2.05) is 7.05 Å². The molecule has 4 N–H and O–H groups in total. The lowest BCUT2D eigenvalue weighted by molar-refractivity contribution is 0.766. The summed E-state index contributed by atoms with van der Waals surface area (Å²) in [5.74, 6) is 0.673. The highest BCUT2D eigenvalue weighted by Crippen LogP contribution is 2.01. The van der Waals surface area contributed by atoms with Crippen molar-refractivity contribution >= 4 is 11.2 Å². The van der Waals surface area contributed by atoms with Crippen LogP contribution in [0, 0.1) is 0 Å². The molecule has 80 valence electrons. The predicted octanol–water partition coefficient (Wildman–Crippen LogP) is -1.30. The molecular weight excluding hydrogens is 198 g/mol. The highest BCUT2D eigenvalue weighted by atomic mass is 16.2. The van der Waals surface area contributed by atoms with Gasteiger partial charge in [-0.3, -0.25) is 14.8 Å². The summed E-state index contributed by atoms with van der Waals surface area (Å²) in [5.41, 5.74) is -0.383. The van der Waals surface area contributed by atoms with E-state index < -0.39 is 11.2 Å². The molecule has 0 saturated heterocycles. The smallest absolute Gasteiger partial charge is 0.327 e. The molecule has 0 aliphatic carbocycles. The van der Waals surface area contributed by atoms with Crippen molar-refractivity contribution in [3.05, 3.63) is 26.7 Å². The molecule has 0 bridgehead atoms. The molecule has 7 heteroatoms. The first-order chi connectivity index (χ1) is 7.20. The number of hydrogen-bond acceptors (Lipinski definition) is 4. The van der Waals surface area contributed by atoms with Gasteiger partial charge in [-0.25, -0.2) is 9.78 Å². The predicted molar refractivity (Wildman–Crippen MR) is 55.0 cm³/mol. The Kier molecular flexibility index (Phi) is 2.38. The van der Waals surface area contributed by atoms with Crippen LogP contribution in [0.15, 0.2) is 9.59 Å². The quantitative estimate of drug-likeness (QED) is 0.504. The average Bonchev–Trinajstić information content (AvgIpc) is 2.57. The van der Waals surface area contributed by atoms with E-state index in [0.717, 1.165) is 6.54 Å². The van der Waals surface area contributed by atoms with Gasteiger partial charge in [-0.05, 0) is 7.05 Å². The van der Waals surface area contributed by atoms with Gasteiger partial charge in [0.05, 0.1) is 0 Å². The van der Waals surface area contributed by atoms with E-state index in [9.17, 15) is 9.59 Å². The molecule has 2 rings (SSSR count). The molecule has 0 atom stereocenters. The van der Waals surface area contributed by atoms with Crippen molar-refractivity contribution < 1.29 is 0 Å². The fraction of sp³-hybridized carbons (Fsp3) is 0.375. The van der Waals surface area contributed by atoms with Gasteiger partial charge < -0.3 is 10.3 Å². The fourth-order valence-electron chi connectivity index (χ4n) is 1.34. The second-order valence-corrected chi connectivity index (χ2v) is 3.17. The number of nitrogens with one attached hydrogen (secondary N) is 4. The van der Waals surface area contributed by atoms with Crippen LogP contribution in [0.25, 0.3) is 11.2 Å². The summed E-state index contributed by atoms with van der Waals surface area (Å²) in [5, 5.41) is 2.97. The van der Waals surface area contributed by atoms with E-state index in [1.165, 1.54) is 0 Å². The highest BCUT2D eigenvalue weighted by Gasteiger charge is 2.06. The molecule has 2 aromatic rings. The summed E-state index contributed by atoms with van der Waals surface area (Å²) >= 11 is 0. The molecule has 0 aromatic carbocycles. The summed E-state index contributed by atoms with van der Waals surface area (Å²) in [6, 6.07) is 0. The molecular formula is C8H11N5O2. The van der Waals surface area contributed by atoms with Crippen molar-refractivity contribution in [2.24, 2.45) is 0 Å². The summed E-state index contributed by atoms with van der Waals surface area (Å²) in [7, 11) is 1.83. The van der Waals surface area contributed by atoms with Crippen LogP contribution in [0.1, 0.15) is 5.82 Å². The van der Waals surface area contributed by atoms with Gasteiger partial charge in [0.2, 0.25) is 0 Å². The monoisotopic (exact) mass is 209 g/mol. The van der Waals surface area contributed by atoms with E-state index in [-0.39, 0.29) is 0 Å². The van der Waals surface area contributed by atoms with Crippen molar-refractivity contribution in [1.29, 1.82) is 0 Å². The first kappa shape index (κ1) is 9.66. The Morgan fingerprint density at radius 3 is 2.80 bits per heavy atom. The van der Waals surface area contributed by atoms with Gasteiger partial charge in [0.1, 0.15) is 11.3 Å². The van der Waals surface area contributed by atoms with Crippen LogP contribution in [0.4, 0.5) is 0 Å². The molecule has 0 amide bonds. The maximum atomic E-state index is 11.3. The second-order valence-electron chi connectivity index (χ2n) is 3.17. The van der Waals surface area contributed by atoms with Crippen molar-refractivity contribution in [3.8, 4) is 0 Å². The Morgan fingerprint density at radius 2 is 2.07 bits per heavy atom. The molecule has 2 aromatic heterocycles. The van der Waals surface area contributed by atoms with Gasteiger partial charge in [0.25, 0.3) is 5.56 Å². The molecule has 0 unspecified atom stereocenters. The fourth-order valence-corrected chi connectivity index (χ4v) is 1.34. The van der Waals surface area contributed by atoms with Crippen LogP contribution in [0.2, 0.25) is 0 Å². The largest absolute Gasteiger partial charge is 0.336 e. The molecule has 0 spiro atoms. The number of rotatable bonds is 3. The van der Waals surface area contributed by atoms with Crippen LogP contribution in [-0.2, 0) is 6.42 Å². The van der Waals surface area contributed by atoms with E-state index >= 15 is 0 Å². The third kappa shape index (κ3) is 1.82. The molecule has 15 heavy (non-hydrogen) atoms. The second kappa shape index (κ2) is 3.70. The van der Waals surface area contributed by atoms with Crippen LogP contribution < -0.4 is 16.6 Å². The lowest BCUT2D eigenvalue weighted by Gasteiger charge is -1.92. The van der Waals surface area contributed by atoms with Crippen LogP contribution in [0.5, 0.6) is 0 Å². The van der Waals surface area contributed by atoms with E-state index in [1.54, 1.807) is 0 Å². The zero-order valence-corrected chi connectivity index (χ0v) is 8.18. The number of hydrogen-bond donors (Lipinski definition) is 4. The maximum Gasteiger partial charge on any atom is 0.327 e. The summed E-state index contributed by atoms with van der Waals surface area (Å²) in [6.07, 6.45) is 0.673. The Labute approximate surface area is 83.9 Å². The third-order valence-corrected chi connectivity index (χ3v) is 2.05. The number of fused-ring (bicyclic) bond motifs is 1. The summed E-state index contributed by atoms with van der Waals surface area (Å²) in [4.78, 5) is 33.8. The number of imidazole rings is 1. The lowest BCUT2D eigenvalue weighted by atomic mass is 10.4. The van der Waals surface area contributed by atoms with E-state index in [2.05, 4.69) is 25.3 Å². The minimum Gasteiger partial charge on any atom is -0.336 e. The molecule has 0 aliphatic rings. The SMILES string of the molecule is CNCCc1nc2[nH]c(=O)[nH]c(=O)c2[nH]1. The number of aromatic nitrogens is 4. The lowest BCUT2D eigenvalue weighted by Crippen LogP contribution is -2.21. The Balaban J connectivity index is 2.51. The van der Waals surface area contributed by atoms with Gasteiger partial charge in [-0.2, -0.15) is 0 Å². The zero-order chi connectivity index (χ0) is 10.8. The van der Waals surface area contributed by atoms with E-state index in [4.69, 9.17) is 0 Å². The van der Waals surface area contributed by atoms with Gasteiger partial charge in [0.15, 0.2) is 5.65 Å². The first-order valence-corrected chi connectivity index (χ1v) is 4.56. The minimum absolute atomic E-state index is 0.301. The van der Waals surface area contributed by atoms with Gasteiger partial charge in [-0.1, -0.05) is 0 Å². The molecule has 7 nitrogen and oxygen atoms in total. The van der Waals surface area contributed by atoms with Gasteiger partial charge in [-0.15, -0.1) is 0 Å². The van der Waals surface area contributed by atoms with E-state index in [0.29, 0.717) is 23.4 Å². The van der Waals surface area contributed by atoms with Crippen molar-refractivity contribution in [2.45, 2.75) is 6.42 Å². The zero-order valence-electron chi connectivity index (χ0n) is 8.18. The average molecular weight is 209 g/mol. The van der Waals surface area contributed by atoms with Crippen molar-refractivity contribution in [2.75, 3.05) is 13.6 Å². The number of nitrogens with zero attached hydrogens (tertiary/aromatic N) is 1. The topological polar surface area (TPSA) is 106 Å². The highest BCUT2D eigenvalue weighted by molar-refractivity contribution is 5.68. The summed E-state index contributed by atoms with van der Waals surface area (Å²) in [6.45, 7) is 0.752. The maximum absolute atomic E-state index is 11.3. The number of H-pyrrole nitrogens is 3. The van der Waals surface area contributed by atoms with Gasteiger partial charge >= 0.3 is 5.69 Å². The number of likely N-dealkylation sites (N-methyl/N-ethyl adjacent to an activating group) is 1. The number of aromatic amines is 3. The third-order valence-electron chi connectivity index (χ3n) is 2.05. The molecule has 2 heterocycles. The van der Waals surface area contributed by atoms with Crippen LogP contribution in [-0.4, -0.2) is 33.5 Å². The standard InChI is InChI=1S/C8H11N5O2/c1-9-3-2-4-10-5-6(11-4)12-8(15)13-7(5)14/h9H,2-3H2,1H3,(H3,10,11,12,13,14,15). The molecule has 0 radical (unpaired) electrons. The van der Waals surface area contributed by atoms with Crippen LogP contribution >= 0.6 is 0 Å². The van der Waals surface area contributed by atoms with Crippen molar-refractivity contribution in [1.82, 2.24) is 25.3 Å². The summed E-state index contributed by atoms with van der Waals surface area (Å²) < 4.78 is 0. The molecule has 0 fully saturated rings. The Morgan fingerprint density at radius 1 is 1.27 bits per heavy atom. The minimum atomic E-state index is -0.542. The Bertz CT molecular complexity index is 578. The molecule has 0 saturated carbocycles. The Hall–Kier alpha value is -1.89. The first-order valence-electron chi connectivity index (χ1n) is 4.56. The van der Waals surface area contributed by atoms with Gasteiger partial charge in [0, 0.05) is 13.0 Å².